The normalized spacial score (nSPS) is 32.4. The van der Waals surface area contributed by atoms with Gasteiger partial charge in [0.25, 0.3) is 0 Å². The fraction of sp³-hybridized carbons (Fsp3) is 0.750. The standard InChI is InChI=1S/C8H14O.Li/c1-6-3-7(2)5-8(9)4-6;/h4,6-7,9H,3,5H2,1-2H3;/q;+1/p-1/t6-,7+;/m1./s1. The Labute approximate surface area is 74.7 Å². The minimum atomic E-state index is 0. The Balaban J connectivity index is 0.000000810. The van der Waals surface area contributed by atoms with E-state index in [1.54, 1.807) is 0 Å². The molecule has 0 N–H and O–H groups in total. The van der Waals surface area contributed by atoms with Crippen LogP contribution in [0.4, 0.5) is 0 Å². The summed E-state index contributed by atoms with van der Waals surface area (Å²) in [5.41, 5.74) is 0. The molecule has 0 aromatic carbocycles. The van der Waals surface area contributed by atoms with Crippen LogP contribution >= 0.6 is 0 Å². The Morgan fingerprint density at radius 3 is 2.50 bits per heavy atom. The number of rotatable bonds is 0. The quantitative estimate of drug-likeness (QED) is 0.360. The van der Waals surface area contributed by atoms with Crippen LogP contribution in [0.2, 0.25) is 0 Å². The smallest absolute Gasteiger partial charge is 0.876 e. The zero-order chi connectivity index (χ0) is 6.85. The predicted octanol–water partition coefficient (Wildman–Crippen LogP) is -1.70. The molecule has 1 aliphatic carbocycles. The van der Waals surface area contributed by atoms with Crippen molar-refractivity contribution in [1.82, 2.24) is 0 Å². The molecule has 2 atom stereocenters. The summed E-state index contributed by atoms with van der Waals surface area (Å²) >= 11 is 0. The molecule has 0 radical (unpaired) electrons. The number of allylic oxidation sites excluding steroid dienone is 2. The van der Waals surface area contributed by atoms with Crippen molar-refractivity contribution >= 4 is 0 Å². The van der Waals surface area contributed by atoms with Crippen LogP contribution in [0, 0.1) is 11.8 Å². The molecule has 10 heavy (non-hydrogen) atoms. The molecular formula is C8H13LiO. The van der Waals surface area contributed by atoms with Gasteiger partial charge in [-0.05, 0) is 24.7 Å². The summed E-state index contributed by atoms with van der Waals surface area (Å²) in [6.45, 7) is 4.24. The molecule has 0 aromatic rings. The molecular weight excluding hydrogens is 119 g/mol. The van der Waals surface area contributed by atoms with Gasteiger partial charge in [-0.1, -0.05) is 19.9 Å². The Kier molecular flexibility index (Phi) is 4.16. The van der Waals surface area contributed by atoms with E-state index >= 15 is 0 Å². The van der Waals surface area contributed by atoms with E-state index in [-0.39, 0.29) is 18.9 Å². The van der Waals surface area contributed by atoms with Crippen molar-refractivity contribution in [2.45, 2.75) is 26.7 Å². The van der Waals surface area contributed by atoms with E-state index in [0.717, 1.165) is 6.42 Å². The average Bonchev–Trinajstić information content (AvgIpc) is 1.59. The SMILES string of the molecule is C[C@@H]1CC([O-])=C[C@H](C)C1.[Li+]. The molecule has 1 rings (SSSR count). The molecule has 0 saturated carbocycles. The molecule has 0 amide bonds. The summed E-state index contributed by atoms with van der Waals surface area (Å²) in [5, 5.41) is 10.8. The van der Waals surface area contributed by atoms with Crippen LogP contribution in [0.5, 0.6) is 0 Å². The van der Waals surface area contributed by atoms with E-state index < -0.39 is 0 Å². The van der Waals surface area contributed by atoms with Gasteiger partial charge in [-0.25, -0.2) is 0 Å². The van der Waals surface area contributed by atoms with Crippen molar-refractivity contribution in [3.8, 4) is 0 Å². The molecule has 0 spiro atoms. The first kappa shape index (κ1) is 10.1. The summed E-state index contributed by atoms with van der Waals surface area (Å²) in [4.78, 5) is 0. The Bertz CT molecular complexity index is 131. The van der Waals surface area contributed by atoms with E-state index in [1.807, 2.05) is 6.08 Å². The third-order valence-electron chi connectivity index (χ3n) is 1.79. The monoisotopic (exact) mass is 132 g/mol. The van der Waals surface area contributed by atoms with E-state index in [4.69, 9.17) is 0 Å². The molecule has 1 aliphatic rings. The molecule has 0 unspecified atom stereocenters. The topological polar surface area (TPSA) is 23.1 Å². The largest absolute Gasteiger partial charge is 1.00 e. The zero-order valence-corrected chi connectivity index (χ0v) is 7.05. The Hall–Kier alpha value is 0.137. The predicted molar refractivity (Wildman–Crippen MR) is 35.6 cm³/mol. The van der Waals surface area contributed by atoms with Gasteiger partial charge in [-0.2, -0.15) is 0 Å². The molecule has 0 aliphatic heterocycles. The molecule has 1 nitrogen and oxygen atoms in total. The van der Waals surface area contributed by atoms with E-state index in [0.29, 0.717) is 17.6 Å². The van der Waals surface area contributed by atoms with Crippen molar-refractivity contribution in [3.63, 3.8) is 0 Å². The van der Waals surface area contributed by atoms with Gasteiger partial charge in [0.05, 0.1) is 0 Å². The minimum Gasteiger partial charge on any atom is -0.876 e. The third-order valence-corrected chi connectivity index (χ3v) is 1.79. The maximum absolute atomic E-state index is 10.8. The van der Waals surface area contributed by atoms with Gasteiger partial charge in [0.2, 0.25) is 0 Å². The van der Waals surface area contributed by atoms with Crippen LogP contribution in [0.25, 0.3) is 0 Å². The van der Waals surface area contributed by atoms with Crippen LogP contribution in [0.1, 0.15) is 26.7 Å². The summed E-state index contributed by atoms with van der Waals surface area (Å²) in [6.07, 6.45) is 3.80. The van der Waals surface area contributed by atoms with E-state index in [2.05, 4.69) is 13.8 Å². The van der Waals surface area contributed by atoms with Crippen molar-refractivity contribution < 1.29 is 24.0 Å². The van der Waals surface area contributed by atoms with Crippen molar-refractivity contribution in [3.05, 3.63) is 11.8 Å². The van der Waals surface area contributed by atoms with Crippen molar-refractivity contribution in [1.29, 1.82) is 0 Å². The zero-order valence-electron chi connectivity index (χ0n) is 7.05. The fourth-order valence-corrected chi connectivity index (χ4v) is 1.51. The third kappa shape index (κ3) is 2.81. The van der Waals surface area contributed by atoms with E-state index in [1.165, 1.54) is 6.42 Å². The van der Waals surface area contributed by atoms with Crippen LogP contribution in [0.15, 0.2) is 11.8 Å². The molecule has 0 bridgehead atoms. The van der Waals surface area contributed by atoms with Gasteiger partial charge in [-0.3, -0.25) is 0 Å². The second-order valence-electron chi connectivity index (χ2n) is 3.16. The molecule has 2 heteroatoms. The molecule has 0 saturated heterocycles. The van der Waals surface area contributed by atoms with Crippen LogP contribution in [-0.2, 0) is 0 Å². The molecule has 0 heterocycles. The Morgan fingerprint density at radius 2 is 2.10 bits per heavy atom. The Morgan fingerprint density at radius 1 is 1.50 bits per heavy atom. The van der Waals surface area contributed by atoms with E-state index in [9.17, 15) is 5.11 Å². The van der Waals surface area contributed by atoms with Gasteiger partial charge in [0, 0.05) is 0 Å². The minimum absolute atomic E-state index is 0. The van der Waals surface area contributed by atoms with Gasteiger partial charge >= 0.3 is 18.9 Å². The summed E-state index contributed by atoms with van der Waals surface area (Å²) in [7, 11) is 0. The van der Waals surface area contributed by atoms with Gasteiger partial charge in [0.15, 0.2) is 0 Å². The second-order valence-corrected chi connectivity index (χ2v) is 3.16. The fourth-order valence-electron chi connectivity index (χ4n) is 1.51. The maximum atomic E-state index is 10.8. The first-order valence-corrected chi connectivity index (χ1v) is 3.56. The second kappa shape index (κ2) is 4.11. The molecule has 0 aromatic heterocycles. The first-order chi connectivity index (χ1) is 4.18. The summed E-state index contributed by atoms with van der Waals surface area (Å²) in [6, 6.07) is 0. The summed E-state index contributed by atoms with van der Waals surface area (Å²) < 4.78 is 0. The van der Waals surface area contributed by atoms with Gasteiger partial charge < -0.3 is 5.11 Å². The number of hydrogen-bond donors (Lipinski definition) is 0. The first-order valence-electron chi connectivity index (χ1n) is 3.56. The van der Waals surface area contributed by atoms with Crippen LogP contribution < -0.4 is 24.0 Å². The summed E-state index contributed by atoms with van der Waals surface area (Å²) in [5.74, 6) is 1.46. The van der Waals surface area contributed by atoms with Gasteiger partial charge in [0.1, 0.15) is 0 Å². The van der Waals surface area contributed by atoms with Gasteiger partial charge in [-0.15, -0.1) is 5.76 Å². The van der Waals surface area contributed by atoms with Crippen molar-refractivity contribution in [2.75, 3.05) is 0 Å². The number of hydrogen-bond acceptors (Lipinski definition) is 1. The van der Waals surface area contributed by atoms with Crippen LogP contribution in [-0.4, -0.2) is 0 Å². The van der Waals surface area contributed by atoms with Crippen LogP contribution in [0.3, 0.4) is 0 Å². The van der Waals surface area contributed by atoms with Crippen molar-refractivity contribution in [2.24, 2.45) is 11.8 Å². The maximum Gasteiger partial charge on any atom is 1.00 e. The molecule has 52 valence electrons. The average molecular weight is 132 g/mol. The molecule has 0 fully saturated rings.